The molecule has 2 atom stereocenters. The van der Waals surface area contributed by atoms with Crippen molar-refractivity contribution in [1.29, 1.82) is 0 Å². The molecular formula is C14H17F2NO3. The van der Waals surface area contributed by atoms with Crippen LogP contribution in [0.5, 0.6) is 5.75 Å². The predicted octanol–water partition coefficient (Wildman–Crippen LogP) is 2.30. The number of benzene rings is 1. The van der Waals surface area contributed by atoms with Crippen LogP contribution in [-0.2, 0) is 9.53 Å². The Morgan fingerprint density at radius 3 is 2.80 bits per heavy atom. The number of rotatable bonds is 5. The molecule has 110 valence electrons. The lowest BCUT2D eigenvalue weighted by Gasteiger charge is -2.19. The van der Waals surface area contributed by atoms with Gasteiger partial charge in [-0.1, -0.05) is 18.2 Å². The van der Waals surface area contributed by atoms with Crippen LogP contribution in [-0.4, -0.2) is 31.7 Å². The Labute approximate surface area is 116 Å². The number of carbonyl (C=O) groups is 1. The molecule has 1 heterocycles. The van der Waals surface area contributed by atoms with E-state index in [0.717, 1.165) is 11.3 Å². The lowest BCUT2D eigenvalue weighted by Crippen LogP contribution is -2.29. The van der Waals surface area contributed by atoms with Crippen LogP contribution in [0.2, 0.25) is 0 Å². The maximum atomic E-state index is 13.0. The molecule has 0 amide bonds. The number of esters is 1. The third-order valence-corrected chi connectivity index (χ3v) is 3.31. The summed E-state index contributed by atoms with van der Waals surface area (Å²) in [6.45, 7) is 2.08. The Hall–Kier alpha value is -1.69. The Bertz CT molecular complexity index is 493. The van der Waals surface area contributed by atoms with Gasteiger partial charge in [0.15, 0.2) is 0 Å². The van der Waals surface area contributed by atoms with E-state index in [1.807, 2.05) is 31.2 Å². The molecule has 0 bridgehead atoms. The SMILES string of the molecule is COc1ccccc1[C@@H](C)NCC1CC(F)(F)C(=O)O1. The van der Waals surface area contributed by atoms with E-state index in [0.29, 0.717) is 0 Å². The van der Waals surface area contributed by atoms with Crippen molar-refractivity contribution in [3.05, 3.63) is 29.8 Å². The molecule has 1 N–H and O–H groups in total. The zero-order chi connectivity index (χ0) is 14.8. The van der Waals surface area contributed by atoms with Gasteiger partial charge >= 0.3 is 11.9 Å². The smallest absolute Gasteiger partial charge is 0.377 e. The molecule has 20 heavy (non-hydrogen) atoms. The fourth-order valence-corrected chi connectivity index (χ4v) is 2.20. The third kappa shape index (κ3) is 3.07. The third-order valence-electron chi connectivity index (χ3n) is 3.31. The number of ether oxygens (including phenoxy) is 2. The number of nitrogens with one attached hydrogen (secondary N) is 1. The van der Waals surface area contributed by atoms with Crippen LogP contribution in [0, 0.1) is 0 Å². The number of para-hydroxylation sites is 1. The van der Waals surface area contributed by atoms with E-state index in [2.05, 4.69) is 10.1 Å². The highest BCUT2D eigenvalue weighted by atomic mass is 19.3. The molecule has 1 aliphatic rings. The number of halogens is 2. The van der Waals surface area contributed by atoms with Gasteiger partial charge in [-0.2, -0.15) is 8.78 Å². The molecule has 0 spiro atoms. The Balaban J connectivity index is 1.93. The maximum absolute atomic E-state index is 13.0. The van der Waals surface area contributed by atoms with Crippen molar-refractivity contribution in [2.45, 2.75) is 31.4 Å². The van der Waals surface area contributed by atoms with Crippen LogP contribution in [0.25, 0.3) is 0 Å². The van der Waals surface area contributed by atoms with Crippen molar-refractivity contribution in [2.24, 2.45) is 0 Å². The molecule has 1 aliphatic heterocycles. The minimum absolute atomic E-state index is 0.0981. The van der Waals surface area contributed by atoms with Gasteiger partial charge < -0.3 is 14.8 Å². The molecule has 1 saturated heterocycles. The normalized spacial score (nSPS) is 22.4. The second-order valence-corrected chi connectivity index (χ2v) is 4.81. The standard InChI is InChI=1S/C14H17F2NO3/c1-9(11-5-3-4-6-12(11)19-2)17-8-10-7-14(15,16)13(18)20-10/h3-6,9-10,17H,7-8H2,1-2H3/t9-,10?/m1/s1. The van der Waals surface area contributed by atoms with E-state index in [1.165, 1.54) is 0 Å². The molecule has 6 heteroatoms. The van der Waals surface area contributed by atoms with E-state index in [9.17, 15) is 13.6 Å². The average molecular weight is 285 g/mol. The molecular weight excluding hydrogens is 268 g/mol. The summed E-state index contributed by atoms with van der Waals surface area (Å²) < 4.78 is 35.9. The van der Waals surface area contributed by atoms with Crippen LogP contribution in [0.1, 0.15) is 24.9 Å². The summed E-state index contributed by atoms with van der Waals surface area (Å²) >= 11 is 0. The van der Waals surface area contributed by atoms with Crippen LogP contribution < -0.4 is 10.1 Å². The average Bonchev–Trinajstić information content (AvgIpc) is 2.69. The molecule has 1 aromatic rings. The van der Waals surface area contributed by atoms with Crippen molar-refractivity contribution in [1.82, 2.24) is 5.32 Å². The van der Waals surface area contributed by atoms with E-state index in [4.69, 9.17) is 4.74 Å². The molecule has 0 saturated carbocycles. The van der Waals surface area contributed by atoms with Gasteiger partial charge in [-0.15, -0.1) is 0 Å². The molecule has 2 rings (SSSR count). The molecule has 1 fully saturated rings. The van der Waals surface area contributed by atoms with Crippen LogP contribution in [0.3, 0.4) is 0 Å². The van der Waals surface area contributed by atoms with Gasteiger partial charge in [-0.3, -0.25) is 0 Å². The number of methoxy groups -OCH3 is 1. The molecule has 0 aromatic heterocycles. The number of hydrogen-bond acceptors (Lipinski definition) is 4. The summed E-state index contributed by atoms with van der Waals surface area (Å²) in [5.74, 6) is -4.07. The summed E-state index contributed by atoms with van der Waals surface area (Å²) in [7, 11) is 1.57. The largest absolute Gasteiger partial charge is 0.496 e. The van der Waals surface area contributed by atoms with E-state index in [1.54, 1.807) is 7.11 Å². The quantitative estimate of drug-likeness (QED) is 0.843. The number of carbonyl (C=O) groups excluding carboxylic acids is 1. The van der Waals surface area contributed by atoms with Crippen molar-refractivity contribution in [3.8, 4) is 5.75 Å². The highest BCUT2D eigenvalue weighted by Crippen LogP contribution is 2.31. The summed E-state index contributed by atoms with van der Waals surface area (Å²) in [5, 5.41) is 3.08. The van der Waals surface area contributed by atoms with Crippen molar-refractivity contribution >= 4 is 5.97 Å². The first-order valence-electron chi connectivity index (χ1n) is 6.39. The predicted molar refractivity (Wildman–Crippen MR) is 68.9 cm³/mol. The molecule has 1 aromatic carbocycles. The van der Waals surface area contributed by atoms with Crippen LogP contribution in [0.4, 0.5) is 8.78 Å². The fourth-order valence-electron chi connectivity index (χ4n) is 2.20. The molecule has 0 aliphatic carbocycles. The number of alkyl halides is 2. The summed E-state index contributed by atoms with van der Waals surface area (Å²) in [4.78, 5) is 10.9. The van der Waals surface area contributed by atoms with Crippen LogP contribution >= 0.6 is 0 Å². The highest BCUT2D eigenvalue weighted by Gasteiger charge is 2.50. The second-order valence-electron chi connectivity index (χ2n) is 4.81. The Kier molecular flexibility index (Phi) is 4.23. The summed E-state index contributed by atoms with van der Waals surface area (Å²) in [6.07, 6.45) is -1.37. The van der Waals surface area contributed by atoms with Crippen LogP contribution in [0.15, 0.2) is 24.3 Å². The minimum Gasteiger partial charge on any atom is -0.496 e. The number of cyclic esters (lactones) is 1. The lowest BCUT2D eigenvalue weighted by molar-refractivity contribution is -0.159. The topological polar surface area (TPSA) is 47.6 Å². The number of hydrogen-bond donors (Lipinski definition) is 1. The summed E-state index contributed by atoms with van der Waals surface area (Å²) in [5.41, 5.74) is 0.922. The maximum Gasteiger partial charge on any atom is 0.377 e. The molecule has 4 nitrogen and oxygen atoms in total. The Morgan fingerprint density at radius 1 is 1.50 bits per heavy atom. The van der Waals surface area contributed by atoms with Crippen molar-refractivity contribution in [3.63, 3.8) is 0 Å². The highest BCUT2D eigenvalue weighted by molar-refractivity contribution is 5.79. The van der Waals surface area contributed by atoms with Crippen molar-refractivity contribution < 1.29 is 23.0 Å². The monoisotopic (exact) mass is 285 g/mol. The first-order valence-corrected chi connectivity index (χ1v) is 6.39. The van der Waals surface area contributed by atoms with Gasteiger partial charge in [0.1, 0.15) is 11.9 Å². The zero-order valence-electron chi connectivity index (χ0n) is 11.4. The van der Waals surface area contributed by atoms with E-state index in [-0.39, 0.29) is 12.6 Å². The first-order chi connectivity index (χ1) is 9.44. The van der Waals surface area contributed by atoms with Gasteiger partial charge in [0.25, 0.3) is 0 Å². The van der Waals surface area contributed by atoms with Gasteiger partial charge in [-0.05, 0) is 13.0 Å². The zero-order valence-corrected chi connectivity index (χ0v) is 11.4. The lowest BCUT2D eigenvalue weighted by atomic mass is 10.1. The second kappa shape index (κ2) is 5.75. The Morgan fingerprint density at radius 2 is 2.20 bits per heavy atom. The van der Waals surface area contributed by atoms with Crippen molar-refractivity contribution in [2.75, 3.05) is 13.7 Å². The van der Waals surface area contributed by atoms with E-state index < -0.39 is 24.4 Å². The van der Waals surface area contributed by atoms with Gasteiger partial charge in [-0.25, -0.2) is 4.79 Å². The van der Waals surface area contributed by atoms with Gasteiger partial charge in [0.05, 0.1) is 13.5 Å². The molecule has 0 radical (unpaired) electrons. The minimum atomic E-state index is -3.36. The van der Waals surface area contributed by atoms with Gasteiger partial charge in [0, 0.05) is 18.2 Å². The first kappa shape index (κ1) is 14.7. The fraction of sp³-hybridized carbons (Fsp3) is 0.500. The van der Waals surface area contributed by atoms with Gasteiger partial charge in [0.2, 0.25) is 0 Å². The molecule has 1 unspecified atom stereocenters. The van der Waals surface area contributed by atoms with E-state index >= 15 is 0 Å². The summed E-state index contributed by atoms with van der Waals surface area (Å²) in [6, 6.07) is 7.36.